The lowest BCUT2D eigenvalue weighted by Crippen LogP contribution is -2.21. The van der Waals surface area contributed by atoms with Crippen LogP contribution in [0.3, 0.4) is 0 Å². The van der Waals surface area contributed by atoms with Gasteiger partial charge in [-0.2, -0.15) is 0 Å². The van der Waals surface area contributed by atoms with Crippen LogP contribution in [0, 0.1) is 5.82 Å². The number of carbonyl (C=O) groups is 1. The number of hydrogen-bond acceptors (Lipinski definition) is 5. The number of benzene rings is 1. The molecule has 0 N–H and O–H groups in total. The van der Waals surface area contributed by atoms with Gasteiger partial charge in [0.25, 0.3) is 0 Å². The Balaban J connectivity index is 2.32. The van der Waals surface area contributed by atoms with Gasteiger partial charge in [-0.15, -0.1) is 16.8 Å². The molecule has 0 spiro atoms. The molecule has 0 bridgehead atoms. The van der Waals surface area contributed by atoms with E-state index in [-0.39, 0.29) is 17.0 Å². The monoisotopic (exact) mass is 363 g/mol. The molecule has 0 aliphatic carbocycles. The van der Waals surface area contributed by atoms with Crippen LogP contribution in [0.15, 0.2) is 42.1 Å². The van der Waals surface area contributed by atoms with Crippen molar-refractivity contribution in [1.82, 2.24) is 14.8 Å². The summed E-state index contributed by atoms with van der Waals surface area (Å²) in [4.78, 5) is 12.2. The van der Waals surface area contributed by atoms with Gasteiger partial charge in [-0.05, 0) is 37.6 Å². The molecule has 0 saturated heterocycles. The van der Waals surface area contributed by atoms with Gasteiger partial charge in [-0.1, -0.05) is 31.2 Å². The molecule has 2 rings (SSSR count). The number of allylic oxidation sites excluding steroid dienone is 1. The van der Waals surface area contributed by atoms with Crippen LogP contribution in [0.5, 0.6) is 0 Å². The first kappa shape index (κ1) is 19.2. The van der Waals surface area contributed by atoms with Crippen molar-refractivity contribution in [1.29, 1.82) is 0 Å². The van der Waals surface area contributed by atoms with Crippen molar-refractivity contribution < 1.29 is 13.9 Å². The molecule has 7 heteroatoms. The summed E-state index contributed by atoms with van der Waals surface area (Å²) in [6.45, 7) is 8.41. The lowest BCUT2D eigenvalue weighted by atomic mass is 10.2. The molecule has 1 aromatic carbocycles. The molecular weight excluding hydrogens is 341 g/mol. The summed E-state index contributed by atoms with van der Waals surface area (Å²) in [5, 5.41) is 8.73. The average molecular weight is 363 g/mol. The minimum absolute atomic E-state index is 0.245. The lowest BCUT2D eigenvalue weighted by Gasteiger charge is -2.14. The van der Waals surface area contributed by atoms with Gasteiger partial charge in [-0.25, -0.2) is 4.39 Å². The number of halogens is 1. The Morgan fingerprint density at radius 1 is 1.36 bits per heavy atom. The van der Waals surface area contributed by atoms with Crippen LogP contribution in [-0.2, 0) is 16.1 Å². The van der Waals surface area contributed by atoms with E-state index in [0.29, 0.717) is 30.6 Å². The van der Waals surface area contributed by atoms with Crippen LogP contribution in [0.1, 0.15) is 26.7 Å². The quantitative estimate of drug-likeness (QED) is 0.381. The van der Waals surface area contributed by atoms with E-state index < -0.39 is 0 Å². The topological polar surface area (TPSA) is 57.0 Å². The Labute approximate surface area is 151 Å². The van der Waals surface area contributed by atoms with Crippen molar-refractivity contribution in [2.75, 3.05) is 6.61 Å². The maximum Gasteiger partial charge on any atom is 0.319 e. The van der Waals surface area contributed by atoms with Crippen molar-refractivity contribution >= 4 is 17.7 Å². The van der Waals surface area contributed by atoms with Crippen LogP contribution in [0.25, 0.3) is 11.4 Å². The lowest BCUT2D eigenvalue weighted by molar-refractivity contribution is -0.142. The predicted octanol–water partition coefficient (Wildman–Crippen LogP) is 4.09. The van der Waals surface area contributed by atoms with Gasteiger partial charge in [0, 0.05) is 12.1 Å². The van der Waals surface area contributed by atoms with E-state index in [1.165, 1.54) is 23.9 Å². The van der Waals surface area contributed by atoms with Crippen molar-refractivity contribution in [2.45, 2.75) is 43.6 Å². The number of carbonyl (C=O) groups excluding carboxylic acids is 1. The zero-order valence-corrected chi connectivity index (χ0v) is 15.3. The first-order valence-corrected chi connectivity index (χ1v) is 9.12. The highest BCUT2D eigenvalue weighted by Crippen LogP contribution is 2.29. The third kappa shape index (κ3) is 4.92. The molecule has 0 radical (unpaired) electrons. The molecule has 0 aliphatic rings. The number of hydrogen-bond donors (Lipinski definition) is 0. The second-order valence-electron chi connectivity index (χ2n) is 5.36. The molecule has 0 unspecified atom stereocenters. The van der Waals surface area contributed by atoms with Crippen LogP contribution < -0.4 is 0 Å². The molecule has 1 aromatic heterocycles. The smallest absolute Gasteiger partial charge is 0.319 e. The number of thioether (sulfide) groups is 1. The third-order valence-corrected chi connectivity index (χ3v) is 4.70. The Kier molecular flexibility index (Phi) is 7.18. The number of ether oxygens (including phenoxy) is 1. The Hall–Kier alpha value is -2.15. The second kappa shape index (κ2) is 9.36. The molecule has 134 valence electrons. The van der Waals surface area contributed by atoms with E-state index in [4.69, 9.17) is 4.74 Å². The van der Waals surface area contributed by atoms with Crippen molar-refractivity contribution in [3.8, 4) is 11.4 Å². The summed E-state index contributed by atoms with van der Waals surface area (Å²) in [5.41, 5.74) is 0.755. The Morgan fingerprint density at radius 2 is 2.08 bits per heavy atom. The average Bonchev–Trinajstić information content (AvgIpc) is 2.98. The van der Waals surface area contributed by atoms with Crippen LogP contribution >= 0.6 is 11.8 Å². The third-order valence-electron chi connectivity index (χ3n) is 3.48. The summed E-state index contributed by atoms with van der Waals surface area (Å²) in [7, 11) is 0. The van der Waals surface area contributed by atoms with E-state index in [2.05, 4.69) is 16.8 Å². The van der Waals surface area contributed by atoms with E-state index in [1.807, 2.05) is 11.5 Å². The zero-order chi connectivity index (χ0) is 18.2. The van der Waals surface area contributed by atoms with E-state index in [9.17, 15) is 9.18 Å². The molecule has 1 heterocycles. The molecule has 0 fully saturated rings. The fraction of sp³-hybridized carbons (Fsp3) is 0.389. The van der Waals surface area contributed by atoms with Crippen LogP contribution in [0.2, 0.25) is 0 Å². The second-order valence-corrected chi connectivity index (χ2v) is 6.53. The summed E-state index contributed by atoms with van der Waals surface area (Å²) < 4.78 is 20.2. The van der Waals surface area contributed by atoms with E-state index in [1.54, 1.807) is 25.1 Å². The van der Waals surface area contributed by atoms with Crippen LogP contribution in [0.4, 0.5) is 4.39 Å². The first-order chi connectivity index (χ1) is 12.1. The highest BCUT2D eigenvalue weighted by atomic mass is 32.2. The standard InChI is InChI=1S/C18H22FN3O2S/c1-4-7-15(17(23)24-6-3)25-18-21-20-16(22(18)12-5-2)13-8-10-14(19)11-9-13/h5,8-11,15H,2,4,6-7,12H2,1,3H3/t15-/m1/s1. The van der Waals surface area contributed by atoms with Gasteiger partial charge in [-0.3, -0.25) is 9.36 Å². The van der Waals surface area contributed by atoms with Crippen molar-refractivity contribution in [2.24, 2.45) is 0 Å². The molecule has 0 aliphatic heterocycles. The Bertz CT molecular complexity index is 716. The minimum Gasteiger partial charge on any atom is -0.465 e. The van der Waals surface area contributed by atoms with Gasteiger partial charge >= 0.3 is 5.97 Å². The van der Waals surface area contributed by atoms with Gasteiger partial charge < -0.3 is 4.74 Å². The highest BCUT2D eigenvalue weighted by Gasteiger charge is 2.24. The molecular formula is C18H22FN3O2S. The fourth-order valence-electron chi connectivity index (χ4n) is 2.33. The van der Waals surface area contributed by atoms with Crippen molar-refractivity contribution in [3.63, 3.8) is 0 Å². The molecule has 25 heavy (non-hydrogen) atoms. The summed E-state index contributed by atoms with van der Waals surface area (Å²) >= 11 is 1.34. The maximum atomic E-state index is 13.2. The summed E-state index contributed by atoms with van der Waals surface area (Å²) in [6.07, 6.45) is 3.28. The zero-order valence-electron chi connectivity index (χ0n) is 14.4. The molecule has 2 aromatic rings. The van der Waals surface area contributed by atoms with Crippen molar-refractivity contribution in [3.05, 3.63) is 42.7 Å². The number of rotatable bonds is 9. The molecule has 0 amide bonds. The number of aromatic nitrogens is 3. The minimum atomic E-state index is -0.334. The SMILES string of the molecule is C=CCn1c(S[C@H](CCC)C(=O)OCC)nnc1-c1ccc(F)cc1. The molecule has 0 saturated carbocycles. The van der Waals surface area contributed by atoms with Gasteiger partial charge in [0.1, 0.15) is 11.1 Å². The van der Waals surface area contributed by atoms with Crippen LogP contribution in [-0.4, -0.2) is 32.6 Å². The van der Waals surface area contributed by atoms with E-state index in [0.717, 1.165) is 12.0 Å². The van der Waals surface area contributed by atoms with E-state index >= 15 is 0 Å². The molecule has 1 atom stereocenters. The van der Waals surface area contributed by atoms with Gasteiger partial charge in [0.05, 0.1) is 6.61 Å². The normalized spacial score (nSPS) is 12.0. The predicted molar refractivity (Wildman–Crippen MR) is 96.8 cm³/mol. The van der Waals surface area contributed by atoms with Gasteiger partial charge in [0.15, 0.2) is 11.0 Å². The summed E-state index contributed by atoms with van der Waals surface area (Å²) in [6, 6.07) is 6.08. The summed E-state index contributed by atoms with van der Waals surface area (Å²) in [5.74, 6) is 0.0609. The fourth-order valence-corrected chi connectivity index (χ4v) is 3.48. The highest BCUT2D eigenvalue weighted by molar-refractivity contribution is 8.00. The number of nitrogens with zero attached hydrogens (tertiary/aromatic N) is 3. The molecule has 5 nitrogen and oxygen atoms in total. The largest absolute Gasteiger partial charge is 0.465 e. The van der Waals surface area contributed by atoms with Gasteiger partial charge in [0.2, 0.25) is 0 Å². The Morgan fingerprint density at radius 3 is 2.68 bits per heavy atom. The maximum absolute atomic E-state index is 13.2. The first-order valence-electron chi connectivity index (χ1n) is 8.24. The number of esters is 1.